The Balaban J connectivity index is 1.58. The minimum Gasteiger partial charge on any atom is -0.459 e. The van der Waals surface area contributed by atoms with Gasteiger partial charge >= 0.3 is 12.1 Å². The number of ether oxygens (including phenoxy) is 2. The maximum atomic E-state index is 12.5. The molecule has 3 heterocycles. The summed E-state index contributed by atoms with van der Waals surface area (Å²) in [4.78, 5) is 28.7. The molecular formula is C19H30N2O4. The fourth-order valence-corrected chi connectivity index (χ4v) is 4.70. The number of cyclic esters (lactones) is 1. The van der Waals surface area contributed by atoms with E-state index in [1.165, 1.54) is 0 Å². The normalized spacial score (nSPS) is 30.4. The van der Waals surface area contributed by atoms with E-state index < -0.39 is 0 Å². The van der Waals surface area contributed by atoms with Crippen LogP contribution in [0.2, 0.25) is 0 Å². The molecule has 1 atom stereocenters. The first-order valence-electron chi connectivity index (χ1n) is 9.31. The molecule has 0 aliphatic carbocycles. The molecule has 0 bridgehead atoms. The Morgan fingerprint density at radius 1 is 1.28 bits per heavy atom. The van der Waals surface area contributed by atoms with E-state index in [0.29, 0.717) is 24.9 Å². The van der Waals surface area contributed by atoms with Crippen molar-refractivity contribution in [1.82, 2.24) is 9.80 Å². The molecule has 3 saturated heterocycles. The molecule has 0 aromatic rings. The number of hydrogen-bond donors (Lipinski definition) is 0. The summed E-state index contributed by atoms with van der Waals surface area (Å²) in [6, 6.07) is 0.419. The molecule has 3 rings (SSSR count). The van der Waals surface area contributed by atoms with Crippen molar-refractivity contribution >= 4 is 12.1 Å². The number of likely N-dealkylation sites (tertiary alicyclic amines) is 2. The van der Waals surface area contributed by atoms with Gasteiger partial charge in [-0.1, -0.05) is 6.58 Å². The second-order valence-corrected chi connectivity index (χ2v) is 8.47. The van der Waals surface area contributed by atoms with E-state index in [1.807, 2.05) is 13.8 Å². The van der Waals surface area contributed by atoms with Gasteiger partial charge in [0.25, 0.3) is 0 Å². The zero-order valence-electron chi connectivity index (χ0n) is 15.7. The first-order chi connectivity index (χ1) is 11.7. The van der Waals surface area contributed by atoms with Gasteiger partial charge in [0.15, 0.2) is 0 Å². The number of carbonyl (C=O) groups excluding carboxylic acids is 2. The maximum absolute atomic E-state index is 12.5. The third-order valence-corrected chi connectivity index (χ3v) is 5.67. The van der Waals surface area contributed by atoms with E-state index in [9.17, 15) is 9.59 Å². The van der Waals surface area contributed by atoms with Crippen LogP contribution in [0.25, 0.3) is 0 Å². The second kappa shape index (κ2) is 6.63. The topological polar surface area (TPSA) is 59.1 Å². The molecular weight excluding hydrogens is 320 g/mol. The minimum absolute atomic E-state index is 0.0235. The molecule has 0 aromatic carbocycles. The van der Waals surface area contributed by atoms with Crippen LogP contribution in [0, 0.1) is 5.41 Å². The molecule has 0 N–H and O–H groups in total. The molecule has 6 nitrogen and oxygen atoms in total. The van der Waals surface area contributed by atoms with E-state index in [4.69, 9.17) is 9.47 Å². The van der Waals surface area contributed by atoms with Gasteiger partial charge in [0.1, 0.15) is 5.60 Å². The molecule has 0 aromatic heterocycles. The summed E-state index contributed by atoms with van der Waals surface area (Å²) >= 11 is 0. The van der Waals surface area contributed by atoms with E-state index in [0.717, 1.165) is 45.2 Å². The lowest BCUT2D eigenvalue weighted by Crippen LogP contribution is -2.53. The van der Waals surface area contributed by atoms with E-state index >= 15 is 0 Å². The molecule has 6 heteroatoms. The van der Waals surface area contributed by atoms with Gasteiger partial charge < -0.3 is 14.4 Å². The van der Waals surface area contributed by atoms with Crippen LogP contribution < -0.4 is 0 Å². The van der Waals surface area contributed by atoms with Gasteiger partial charge in [-0.05, 0) is 53.0 Å². The Hall–Kier alpha value is -1.56. The summed E-state index contributed by atoms with van der Waals surface area (Å²) in [5.74, 6) is 0.400. The van der Waals surface area contributed by atoms with Gasteiger partial charge in [-0.15, -0.1) is 0 Å². The highest BCUT2D eigenvalue weighted by Crippen LogP contribution is 2.46. The number of carbonyl (C=O) groups is 2. The van der Waals surface area contributed by atoms with Crippen molar-refractivity contribution in [2.75, 3.05) is 26.2 Å². The van der Waals surface area contributed by atoms with Gasteiger partial charge in [-0.3, -0.25) is 9.69 Å². The smallest absolute Gasteiger partial charge is 0.414 e. The van der Waals surface area contributed by atoms with Crippen LogP contribution in [-0.2, 0) is 14.3 Å². The number of esters is 1. The molecule has 3 aliphatic rings. The Morgan fingerprint density at radius 3 is 2.52 bits per heavy atom. The number of hydrogen-bond acceptors (Lipinski definition) is 5. The zero-order chi connectivity index (χ0) is 18.2. The Morgan fingerprint density at radius 2 is 1.96 bits per heavy atom. The van der Waals surface area contributed by atoms with Crippen LogP contribution in [-0.4, -0.2) is 59.7 Å². The standard InChI is InChI=1S/C19H30N2O4/c1-14(2)24-17(23)20-10-6-15(7-11-20)21-9-5-8-19(13-21)12-18(3,4)25-16(19)22/h15H,1,5-13H2,2-4H3. The molecule has 3 fully saturated rings. The van der Waals surface area contributed by atoms with Crippen molar-refractivity contribution < 1.29 is 19.1 Å². The molecule has 3 aliphatic heterocycles. The number of piperidine rings is 2. The molecule has 0 radical (unpaired) electrons. The van der Waals surface area contributed by atoms with Crippen molar-refractivity contribution in [2.24, 2.45) is 5.41 Å². The highest BCUT2D eigenvalue weighted by atomic mass is 16.6. The molecule has 25 heavy (non-hydrogen) atoms. The fourth-order valence-electron chi connectivity index (χ4n) is 4.70. The number of nitrogens with zero attached hydrogens (tertiary/aromatic N) is 2. The SMILES string of the molecule is C=C(C)OC(=O)N1CCC(N2CCCC3(C2)CC(C)(C)OC3=O)CC1. The first kappa shape index (κ1) is 18.2. The van der Waals surface area contributed by atoms with Crippen molar-refractivity contribution in [1.29, 1.82) is 0 Å². The average molecular weight is 350 g/mol. The third-order valence-electron chi connectivity index (χ3n) is 5.67. The predicted molar refractivity (Wildman–Crippen MR) is 93.9 cm³/mol. The van der Waals surface area contributed by atoms with Crippen molar-refractivity contribution in [2.45, 2.75) is 64.5 Å². The molecule has 0 saturated carbocycles. The summed E-state index contributed by atoms with van der Waals surface area (Å²) in [6.45, 7) is 12.5. The highest BCUT2D eigenvalue weighted by molar-refractivity contribution is 5.80. The van der Waals surface area contributed by atoms with Crippen LogP contribution in [0.15, 0.2) is 12.3 Å². The molecule has 1 amide bonds. The largest absolute Gasteiger partial charge is 0.459 e. The maximum Gasteiger partial charge on any atom is 0.414 e. The quantitative estimate of drug-likeness (QED) is 0.566. The van der Waals surface area contributed by atoms with Crippen LogP contribution >= 0.6 is 0 Å². The summed E-state index contributed by atoms with van der Waals surface area (Å²) < 4.78 is 10.7. The van der Waals surface area contributed by atoms with Gasteiger partial charge in [0, 0.05) is 32.1 Å². The van der Waals surface area contributed by atoms with Crippen LogP contribution in [0.3, 0.4) is 0 Å². The lowest BCUT2D eigenvalue weighted by molar-refractivity contribution is -0.154. The Labute approximate surface area is 150 Å². The lowest BCUT2D eigenvalue weighted by Gasteiger charge is -2.44. The van der Waals surface area contributed by atoms with E-state index in [2.05, 4.69) is 11.5 Å². The summed E-state index contributed by atoms with van der Waals surface area (Å²) in [5, 5.41) is 0. The fraction of sp³-hybridized carbons (Fsp3) is 0.789. The monoisotopic (exact) mass is 350 g/mol. The average Bonchev–Trinajstić information content (AvgIpc) is 2.75. The van der Waals surface area contributed by atoms with Gasteiger partial charge in [0.05, 0.1) is 11.2 Å². The van der Waals surface area contributed by atoms with E-state index in [-0.39, 0.29) is 23.1 Å². The number of allylic oxidation sites excluding steroid dienone is 1. The van der Waals surface area contributed by atoms with Crippen LogP contribution in [0.5, 0.6) is 0 Å². The Kier molecular flexibility index (Phi) is 4.84. The highest BCUT2D eigenvalue weighted by Gasteiger charge is 2.54. The lowest BCUT2D eigenvalue weighted by atomic mass is 9.74. The van der Waals surface area contributed by atoms with Crippen LogP contribution in [0.1, 0.15) is 52.9 Å². The van der Waals surface area contributed by atoms with E-state index in [1.54, 1.807) is 11.8 Å². The first-order valence-corrected chi connectivity index (χ1v) is 9.31. The Bertz CT molecular complexity index is 566. The zero-order valence-corrected chi connectivity index (χ0v) is 15.7. The number of amides is 1. The van der Waals surface area contributed by atoms with Crippen LogP contribution in [0.4, 0.5) is 4.79 Å². The number of rotatable bonds is 2. The minimum atomic E-state index is -0.351. The summed E-state index contributed by atoms with van der Waals surface area (Å²) in [5.41, 5.74) is -0.687. The molecule has 1 spiro atoms. The van der Waals surface area contributed by atoms with Gasteiger partial charge in [0.2, 0.25) is 0 Å². The second-order valence-electron chi connectivity index (χ2n) is 8.47. The summed E-state index contributed by atoms with van der Waals surface area (Å²) in [7, 11) is 0. The third kappa shape index (κ3) is 3.84. The summed E-state index contributed by atoms with van der Waals surface area (Å²) in [6.07, 6.45) is 4.29. The predicted octanol–water partition coefficient (Wildman–Crippen LogP) is 2.93. The van der Waals surface area contributed by atoms with Crippen molar-refractivity contribution in [3.05, 3.63) is 12.3 Å². The molecule has 140 valence electrons. The van der Waals surface area contributed by atoms with Gasteiger partial charge in [-0.2, -0.15) is 0 Å². The molecule has 1 unspecified atom stereocenters. The van der Waals surface area contributed by atoms with Crippen molar-refractivity contribution in [3.8, 4) is 0 Å². The van der Waals surface area contributed by atoms with Gasteiger partial charge in [-0.25, -0.2) is 4.79 Å². The van der Waals surface area contributed by atoms with Crippen molar-refractivity contribution in [3.63, 3.8) is 0 Å².